The predicted molar refractivity (Wildman–Crippen MR) is 123 cm³/mol. The molecule has 16 nitrogen and oxygen atoms in total. The molecule has 0 aromatic rings. The van der Waals surface area contributed by atoms with Gasteiger partial charge in [-0.1, -0.05) is 0 Å². The Morgan fingerprint density at radius 2 is 1.18 bits per heavy atom. The van der Waals surface area contributed by atoms with E-state index in [9.17, 15) is 33.6 Å². The quantitative estimate of drug-likeness (QED) is 0.0934. The lowest BCUT2D eigenvalue weighted by molar-refractivity contribution is -0.149. The maximum absolute atomic E-state index is 12.3. The summed E-state index contributed by atoms with van der Waals surface area (Å²) in [5, 5.41) is 1.77. The molecule has 1 N–H and O–H groups in total. The fraction of sp³-hybridized carbons (Fsp3) is 0.500. The van der Waals surface area contributed by atoms with Crippen LogP contribution in [-0.4, -0.2) is 121 Å². The minimum atomic E-state index is -1.02. The van der Waals surface area contributed by atoms with Crippen LogP contribution in [-0.2, 0) is 61.9 Å². The molecule has 0 saturated heterocycles. The van der Waals surface area contributed by atoms with Crippen LogP contribution in [0.1, 0.15) is 0 Å². The maximum atomic E-state index is 12.3. The van der Waals surface area contributed by atoms with Gasteiger partial charge in [-0.15, -0.1) is 0 Å². The van der Waals surface area contributed by atoms with Gasteiger partial charge in [0.05, 0.1) is 34.0 Å². The first-order valence-electron chi connectivity index (χ1n) is 10.8. The van der Waals surface area contributed by atoms with Crippen LogP contribution in [0.4, 0.5) is 4.79 Å². The third-order valence-corrected chi connectivity index (χ3v) is 3.92. The number of methoxy groups -OCH3 is 3. The molecular weight excluding hydrogens is 516 g/mol. The second-order valence-corrected chi connectivity index (χ2v) is 6.60. The summed E-state index contributed by atoms with van der Waals surface area (Å²) in [7, 11) is 3.63. The van der Waals surface area contributed by atoms with Crippen LogP contribution in [0.25, 0.3) is 0 Å². The van der Waals surface area contributed by atoms with Gasteiger partial charge in [0.15, 0.2) is 13.2 Å². The smallest absolute Gasteiger partial charge is 0.413 e. The Morgan fingerprint density at radius 3 is 1.76 bits per heavy atom. The average molecular weight is 546 g/mol. The lowest BCUT2D eigenvalue weighted by Crippen LogP contribution is -2.39. The Morgan fingerprint density at radius 1 is 0.632 bits per heavy atom. The van der Waals surface area contributed by atoms with E-state index in [0.29, 0.717) is 0 Å². The number of hydrogen-bond donors (Lipinski definition) is 1. The molecule has 0 radical (unpaired) electrons. The Hall–Kier alpha value is -4.31. The molecule has 16 heteroatoms. The lowest BCUT2D eigenvalue weighted by Gasteiger charge is -2.22. The number of rotatable bonds is 17. The molecule has 0 unspecified atom stereocenters. The zero-order valence-corrected chi connectivity index (χ0v) is 21.1. The molecule has 212 valence electrons. The van der Waals surface area contributed by atoms with Gasteiger partial charge in [0.25, 0.3) is 11.8 Å². The SMILES string of the molecule is COCCN(CCOCCOC(=O)/C=C/C(=O)OCC(=O)NC(=O)OC)C(=O)COC(=O)/C=C/C(=O)OC. The van der Waals surface area contributed by atoms with Crippen molar-refractivity contribution < 1.29 is 66.7 Å². The third kappa shape index (κ3) is 18.0. The fourth-order valence-corrected chi connectivity index (χ4v) is 2.09. The van der Waals surface area contributed by atoms with E-state index in [-0.39, 0.29) is 39.5 Å². The van der Waals surface area contributed by atoms with Gasteiger partial charge in [0.1, 0.15) is 6.61 Å². The molecule has 0 heterocycles. The summed E-state index contributed by atoms with van der Waals surface area (Å²) in [5.74, 6) is -5.02. The van der Waals surface area contributed by atoms with Crippen molar-refractivity contribution in [3.05, 3.63) is 24.3 Å². The number of carbonyl (C=O) groups excluding carboxylic acids is 7. The molecule has 0 aliphatic carbocycles. The van der Waals surface area contributed by atoms with Gasteiger partial charge < -0.3 is 38.1 Å². The fourth-order valence-electron chi connectivity index (χ4n) is 2.09. The lowest BCUT2D eigenvalue weighted by atomic mass is 10.4. The van der Waals surface area contributed by atoms with Gasteiger partial charge in [-0.25, -0.2) is 24.0 Å². The number of carbonyl (C=O) groups is 7. The number of alkyl carbamates (subject to hydrolysis) is 1. The highest BCUT2D eigenvalue weighted by atomic mass is 16.6. The molecule has 0 aromatic carbocycles. The Bertz CT molecular complexity index is 883. The number of esters is 4. The number of ether oxygens (including phenoxy) is 7. The Labute approximate surface area is 217 Å². The van der Waals surface area contributed by atoms with Gasteiger partial charge in [-0.3, -0.25) is 14.9 Å². The first-order valence-corrected chi connectivity index (χ1v) is 10.8. The highest BCUT2D eigenvalue weighted by Gasteiger charge is 2.15. The molecule has 3 amide bonds. The van der Waals surface area contributed by atoms with Crippen molar-refractivity contribution >= 4 is 41.8 Å². The molecule has 0 aliphatic rings. The van der Waals surface area contributed by atoms with Crippen molar-refractivity contribution in [2.24, 2.45) is 0 Å². The number of hydrogen-bond acceptors (Lipinski definition) is 14. The normalized spacial score (nSPS) is 10.5. The number of amides is 3. The summed E-state index contributed by atoms with van der Waals surface area (Å²) >= 11 is 0. The van der Waals surface area contributed by atoms with Crippen LogP contribution in [0.15, 0.2) is 24.3 Å². The van der Waals surface area contributed by atoms with Crippen LogP contribution in [0.2, 0.25) is 0 Å². The standard InChI is InChI=1S/C22H30N2O14/c1-32-10-8-24(17(26)15-38-21(30)5-4-18(27)33-2)9-11-35-12-13-36-19(28)6-7-20(29)37-14-16(25)23-22(31)34-3/h4-7H,8-15H2,1-3H3,(H,23,25,31)/b5-4+,7-6+. The van der Waals surface area contributed by atoms with Gasteiger partial charge in [0, 0.05) is 44.5 Å². The zero-order chi connectivity index (χ0) is 28.8. The highest BCUT2D eigenvalue weighted by Crippen LogP contribution is 1.95. The number of imide groups is 1. The minimum Gasteiger partial charge on any atom is -0.466 e. The summed E-state index contributed by atoms with van der Waals surface area (Å²) in [6.45, 7) is -0.970. The van der Waals surface area contributed by atoms with E-state index in [2.05, 4.69) is 14.2 Å². The second-order valence-electron chi connectivity index (χ2n) is 6.60. The average Bonchev–Trinajstić information content (AvgIpc) is 2.91. The number of nitrogens with one attached hydrogen (secondary N) is 1. The van der Waals surface area contributed by atoms with Crippen LogP contribution in [0.3, 0.4) is 0 Å². The summed E-state index contributed by atoms with van der Waals surface area (Å²) in [5.41, 5.74) is 0. The first kappa shape index (κ1) is 33.7. The van der Waals surface area contributed by atoms with Crippen LogP contribution >= 0.6 is 0 Å². The van der Waals surface area contributed by atoms with Gasteiger partial charge >= 0.3 is 30.0 Å². The molecule has 0 saturated carbocycles. The van der Waals surface area contributed by atoms with E-state index in [1.165, 1.54) is 12.0 Å². The predicted octanol–water partition coefficient (Wildman–Crippen LogP) is -1.72. The summed E-state index contributed by atoms with van der Waals surface area (Å²) in [6, 6.07) is 0. The highest BCUT2D eigenvalue weighted by molar-refractivity contribution is 5.95. The molecule has 0 aliphatic heterocycles. The minimum absolute atomic E-state index is 0.0304. The monoisotopic (exact) mass is 546 g/mol. The molecule has 0 spiro atoms. The van der Waals surface area contributed by atoms with Crippen molar-refractivity contribution in [2.45, 2.75) is 0 Å². The third-order valence-electron chi connectivity index (χ3n) is 3.92. The largest absolute Gasteiger partial charge is 0.466 e. The molecule has 0 rings (SSSR count). The van der Waals surface area contributed by atoms with E-state index < -0.39 is 55.0 Å². The van der Waals surface area contributed by atoms with Gasteiger partial charge in [-0.2, -0.15) is 0 Å². The molecule has 0 aromatic heterocycles. The Kier molecular flexibility index (Phi) is 18.5. The summed E-state index contributed by atoms with van der Waals surface area (Å²) < 4.78 is 32.9. The van der Waals surface area contributed by atoms with E-state index in [4.69, 9.17) is 18.9 Å². The van der Waals surface area contributed by atoms with Crippen molar-refractivity contribution in [1.29, 1.82) is 0 Å². The summed E-state index contributed by atoms with van der Waals surface area (Å²) in [4.78, 5) is 81.2. The Balaban J connectivity index is 4.25. The number of nitrogens with zero attached hydrogens (tertiary/aromatic N) is 1. The van der Waals surface area contributed by atoms with E-state index in [1.807, 2.05) is 0 Å². The molecule has 0 fully saturated rings. The van der Waals surface area contributed by atoms with Crippen molar-refractivity contribution in [1.82, 2.24) is 10.2 Å². The second kappa shape index (κ2) is 20.8. The topological polar surface area (TPSA) is 199 Å². The zero-order valence-electron chi connectivity index (χ0n) is 21.1. The molecule has 0 bridgehead atoms. The van der Waals surface area contributed by atoms with Crippen LogP contribution in [0.5, 0.6) is 0 Å². The van der Waals surface area contributed by atoms with Crippen molar-refractivity contribution in [3.8, 4) is 0 Å². The van der Waals surface area contributed by atoms with Crippen LogP contribution < -0.4 is 5.32 Å². The first-order chi connectivity index (χ1) is 18.1. The molecule has 0 atom stereocenters. The van der Waals surface area contributed by atoms with Crippen molar-refractivity contribution in [2.75, 3.05) is 74.1 Å². The van der Waals surface area contributed by atoms with E-state index in [0.717, 1.165) is 38.5 Å². The summed E-state index contributed by atoms with van der Waals surface area (Å²) in [6.07, 6.45) is 2.16. The van der Waals surface area contributed by atoms with E-state index in [1.54, 1.807) is 5.32 Å². The van der Waals surface area contributed by atoms with E-state index >= 15 is 0 Å². The van der Waals surface area contributed by atoms with Gasteiger partial charge in [-0.05, 0) is 0 Å². The van der Waals surface area contributed by atoms with Crippen LogP contribution in [0, 0.1) is 0 Å². The molecular formula is C22H30N2O14. The molecule has 38 heavy (non-hydrogen) atoms. The van der Waals surface area contributed by atoms with Gasteiger partial charge in [0.2, 0.25) is 0 Å². The van der Waals surface area contributed by atoms with Crippen molar-refractivity contribution in [3.63, 3.8) is 0 Å². The maximum Gasteiger partial charge on any atom is 0.413 e.